The lowest BCUT2D eigenvalue weighted by Crippen LogP contribution is -2.46. The van der Waals surface area contributed by atoms with E-state index < -0.39 is 15.7 Å². The molecule has 0 aromatic carbocycles. The van der Waals surface area contributed by atoms with E-state index in [9.17, 15) is 18.0 Å². The second-order valence-corrected chi connectivity index (χ2v) is 8.19. The van der Waals surface area contributed by atoms with Gasteiger partial charge in [-0.25, -0.2) is 18.4 Å². The first-order valence-electron chi connectivity index (χ1n) is 7.74. The molecule has 1 aromatic heterocycles. The summed E-state index contributed by atoms with van der Waals surface area (Å²) in [5, 5.41) is 2.68. The van der Waals surface area contributed by atoms with Gasteiger partial charge in [0.1, 0.15) is 11.5 Å². The van der Waals surface area contributed by atoms with E-state index in [2.05, 4.69) is 15.3 Å². The molecule has 0 bridgehead atoms. The van der Waals surface area contributed by atoms with Gasteiger partial charge in [-0.2, -0.15) is 0 Å². The molecule has 1 atom stereocenters. The fourth-order valence-electron chi connectivity index (χ4n) is 2.83. The van der Waals surface area contributed by atoms with Crippen LogP contribution in [0.2, 0.25) is 0 Å². The highest BCUT2D eigenvalue weighted by Crippen LogP contribution is 2.14. The fourth-order valence-corrected chi connectivity index (χ4v) is 4.50. The van der Waals surface area contributed by atoms with Gasteiger partial charge in [-0.1, -0.05) is 0 Å². The first kappa shape index (κ1) is 16.6. The van der Waals surface area contributed by atoms with Crippen LogP contribution in [0.5, 0.6) is 0 Å². The summed E-state index contributed by atoms with van der Waals surface area (Å²) in [7, 11) is -3.04. The first-order chi connectivity index (χ1) is 11.5. The molecule has 2 aliphatic heterocycles. The molecule has 2 saturated heterocycles. The van der Waals surface area contributed by atoms with Crippen LogP contribution in [0.4, 0.5) is 5.82 Å². The second-order valence-electron chi connectivity index (χ2n) is 5.96. The van der Waals surface area contributed by atoms with Gasteiger partial charge in [-0.15, -0.1) is 0 Å². The number of hydrogen-bond donors (Lipinski definition) is 1. The molecule has 0 aliphatic carbocycles. The van der Waals surface area contributed by atoms with Crippen LogP contribution >= 0.6 is 0 Å². The Morgan fingerprint density at radius 1 is 1.21 bits per heavy atom. The zero-order valence-electron chi connectivity index (χ0n) is 13.1. The van der Waals surface area contributed by atoms with E-state index in [1.165, 1.54) is 12.4 Å². The van der Waals surface area contributed by atoms with Crippen molar-refractivity contribution in [3.63, 3.8) is 0 Å². The number of anilines is 1. The highest BCUT2D eigenvalue weighted by molar-refractivity contribution is 7.91. The summed E-state index contributed by atoms with van der Waals surface area (Å²) in [5.74, 6) is 0.322. The average Bonchev–Trinajstić information content (AvgIpc) is 2.93. The van der Waals surface area contributed by atoms with Crippen LogP contribution < -0.4 is 10.2 Å². The van der Waals surface area contributed by atoms with Crippen LogP contribution in [-0.2, 0) is 14.6 Å². The summed E-state index contributed by atoms with van der Waals surface area (Å²) in [6.45, 7) is 2.59. The molecule has 2 amide bonds. The van der Waals surface area contributed by atoms with Crippen molar-refractivity contribution in [3.8, 4) is 0 Å². The predicted octanol–water partition coefficient (Wildman–Crippen LogP) is -1.33. The molecule has 130 valence electrons. The number of piperazine rings is 1. The van der Waals surface area contributed by atoms with Crippen molar-refractivity contribution in [2.45, 2.75) is 12.5 Å². The smallest absolute Gasteiger partial charge is 0.271 e. The van der Waals surface area contributed by atoms with E-state index in [0.29, 0.717) is 38.4 Å². The van der Waals surface area contributed by atoms with Crippen LogP contribution in [0, 0.1) is 0 Å². The summed E-state index contributed by atoms with van der Waals surface area (Å²) in [5.41, 5.74) is 0.162. The van der Waals surface area contributed by atoms with Gasteiger partial charge in [0.05, 0.1) is 23.9 Å². The molecule has 9 nitrogen and oxygen atoms in total. The molecule has 1 N–H and O–H groups in total. The molecule has 3 rings (SSSR count). The molecule has 24 heavy (non-hydrogen) atoms. The SMILES string of the molecule is O=CN1CCN(c2cnc(C(=O)NC3CCS(=O)(=O)C3)cn2)CC1. The van der Waals surface area contributed by atoms with Gasteiger partial charge in [0.2, 0.25) is 6.41 Å². The van der Waals surface area contributed by atoms with E-state index >= 15 is 0 Å². The maximum Gasteiger partial charge on any atom is 0.271 e. The highest BCUT2D eigenvalue weighted by atomic mass is 32.2. The van der Waals surface area contributed by atoms with Gasteiger partial charge in [-0.05, 0) is 6.42 Å². The van der Waals surface area contributed by atoms with Crippen molar-refractivity contribution in [1.29, 1.82) is 0 Å². The Kier molecular flexibility index (Phi) is 4.65. The van der Waals surface area contributed by atoms with E-state index in [-0.39, 0.29) is 23.2 Å². The minimum Gasteiger partial charge on any atom is -0.352 e. The zero-order valence-corrected chi connectivity index (χ0v) is 13.9. The molecule has 2 fully saturated rings. The van der Waals surface area contributed by atoms with Crippen molar-refractivity contribution in [1.82, 2.24) is 20.2 Å². The van der Waals surface area contributed by atoms with E-state index in [1.54, 1.807) is 4.90 Å². The van der Waals surface area contributed by atoms with Crippen LogP contribution in [0.1, 0.15) is 16.9 Å². The zero-order chi connectivity index (χ0) is 17.2. The van der Waals surface area contributed by atoms with Crippen LogP contribution in [-0.4, -0.2) is 79.3 Å². The van der Waals surface area contributed by atoms with Crippen molar-refractivity contribution in [2.75, 3.05) is 42.6 Å². The van der Waals surface area contributed by atoms with Crippen LogP contribution in [0.25, 0.3) is 0 Å². The molecular formula is C14H19N5O4S. The molecule has 1 unspecified atom stereocenters. The molecule has 2 aliphatic rings. The summed E-state index contributed by atoms with van der Waals surface area (Å²) in [4.78, 5) is 34.9. The Balaban J connectivity index is 1.58. The maximum absolute atomic E-state index is 12.1. The van der Waals surface area contributed by atoms with Crippen molar-refractivity contribution < 1.29 is 18.0 Å². The lowest BCUT2D eigenvalue weighted by atomic mass is 10.2. The van der Waals surface area contributed by atoms with Crippen molar-refractivity contribution >= 4 is 28.0 Å². The summed E-state index contributed by atoms with van der Waals surface area (Å²) in [6, 6.07) is -0.361. The van der Waals surface area contributed by atoms with E-state index in [0.717, 1.165) is 6.41 Å². The normalized spacial score (nSPS) is 23.1. The van der Waals surface area contributed by atoms with Gasteiger partial charge in [0, 0.05) is 32.2 Å². The van der Waals surface area contributed by atoms with Crippen LogP contribution in [0.3, 0.4) is 0 Å². The van der Waals surface area contributed by atoms with Crippen LogP contribution in [0.15, 0.2) is 12.4 Å². The molecule has 3 heterocycles. The number of nitrogens with zero attached hydrogens (tertiary/aromatic N) is 4. The lowest BCUT2D eigenvalue weighted by Gasteiger charge is -2.33. The minimum atomic E-state index is -3.04. The molecule has 0 spiro atoms. The summed E-state index contributed by atoms with van der Waals surface area (Å²) >= 11 is 0. The van der Waals surface area contributed by atoms with E-state index in [4.69, 9.17) is 0 Å². The molecule has 10 heteroatoms. The monoisotopic (exact) mass is 353 g/mol. The summed E-state index contributed by atoms with van der Waals surface area (Å²) in [6.07, 6.45) is 4.18. The number of hydrogen-bond acceptors (Lipinski definition) is 7. The molecule has 1 aromatic rings. The Bertz CT molecular complexity index is 713. The Labute approximate surface area is 140 Å². The van der Waals surface area contributed by atoms with Crippen molar-refractivity contribution in [2.24, 2.45) is 0 Å². The highest BCUT2D eigenvalue weighted by Gasteiger charge is 2.29. The quantitative estimate of drug-likeness (QED) is 0.668. The number of nitrogens with one attached hydrogen (secondary N) is 1. The third-order valence-electron chi connectivity index (χ3n) is 4.23. The molecule has 0 radical (unpaired) electrons. The summed E-state index contributed by atoms with van der Waals surface area (Å²) < 4.78 is 22.8. The van der Waals surface area contributed by atoms with Gasteiger partial charge < -0.3 is 15.1 Å². The molecular weight excluding hydrogens is 334 g/mol. The average molecular weight is 353 g/mol. The predicted molar refractivity (Wildman–Crippen MR) is 86.4 cm³/mol. The van der Waals surface area contributed by atoms with Gasteiger partial charge in [0.25, 0.3) is 5.91 Å². The number of aromatic nitrogens is 2. The lowest BCUT2D eigenvalue weighted by molar-refractivity contribution is -0.118. The standard InChI is InChI=1S/C14H19N5O4S/c20-10-18-2-4-19(5-3-18)13-8-15-12(7-16-13)14(21)17-11-1-6-24(22,23)9-11/h7-8,10-11H,1-6,9H2,(H,17,21). The third-order valence-corrected chi connectivity index (χ3v) is 5.99. The first-order valence-corrected chi connectivity index (χ1v) is 9.56. The minimum absolute atomic E-state index is 0.0226. The largest absolute Gasteiger partial charge is 0.352 e. The number of amides is 2. The Hall–Kier alpha value is -2.23. The van der Waals surface area contributed by atoms with Gasteiger partial charge >= 0.3 is 0 Å². The number of sulfone groups is 1. The Morgan fingerprint density at radius 3 is 2.50 bits per heavy atom. The maximum atomic E-state index is 12.1. The van der Waals surface area contributed by atoms with Gasteiger partial charge in [-0.3, -0.25) is 9.59 Å². The Morgan fingerprint density at radius 2 is 1.96 bits per heavy atom. The number of carbonyl (C=O) groups is 2. The second kappa shape index (κ2) is 6.71. The number of rotatable bonds is 4. The van der Waals surface area contributed by atoms with E-state index in [1.807, 2.05) is 4.90 Å². The van der Waals surface area contributed by atoms with Crippen molar-refractivity contribution in [3.05, 3.63) is 18.1 Å². The number of carbonyl (C=O) groups excluding carboxylic acids is 2. The van der Waals surface area contributed by atoms with Gasteiger partial charge in [0.15, 0.2) is 9.84 Å². The third kappa shape index (κ3) is 3.81. The molecule has 0 saturated carbocycles. The topological polar surface area (TPSA) is 113 Å². The fraction of sp³-hybridized carbons (Fsp3) is 0.571.